The maximum atomic E-state index is 13.6. The van der Waals surface area contributed by atoms with Gasteiger partial charge in [-0.2, -0.15) is 0 Å². The number of anilines is 2. The number of morpholine rings is 1. The largest absolute Gasteiger partial charge is 0.378 e. The van der Waals surface area contributed by atoms with Gasteiger partial charge in [0.05, 0.1) is 13.2 Å². The van der Waals surface area contributed by atoms with Crippen molar-refractivity contribution in [3.05, 3.63) is 59.7 Å². The number of benzene rings is 2. The molecule has 6 nitrogen and oxygen atoms in total. The zero-order valence-corrected chi connectivity index (χ0v) is 15.2. The van der Waals surface area contributed by atoms with Crippen LogP contribution in [-0.2, 0) is 20.7 Å². The molecular weight excluding hydrogens is 368 g/mol. The average molecular weight is 389 g/mol. The van der Waals surface area contributed by atoms with Gasteiger partial charge in [0.1, 0.15) is 11.6 Å². The third kappa shape index (κ3) is 5.04. The number of amides is 2. The van der Waals surface area contributed by atoms with Crippen LogP contribution in [0.4, 0.5) is 20.2 Å². The molecule has 0 bridgehead atoms. The van der Waals surface area contributed by atoms with Gasteiger partial charge in [-0.1, -0.05) is 12.1 Å². The number of hydrogen-bond acceptors (Lipinski definition) is 4. The highest BCUT2D eigenvalue weighted by Gasteiger charge is 2.16. The van der Waals surface area contributed by atoms with Gasteiger partial charge >= 0.3 is 11.8 Å². The number of nitrogens with zero attached hydrogens (tertiary/aromatic N) is 1. The summed E-state index contributed by atoms with van der Waals surface area (Å²) in [6.45, 7) is 2.73. The fraction of sp³-hybridized carbons (Fsp3) is 0.300. The van der Waals surface area contributed by atoms with E-state index in [9.17, 15) is 18.4 Å². The minimum absolute atomic E-state index is 0.0515. The lowest BCUT2D eigenvalue weighted by molar-refractivity contribution is -0.136. The number of hydrogen-bond donors (Lipinski definition) is 2. The molecule has 2 amide bonds. The van der Waals surface area contributed by atoms with Crippen LogP contribution in [0.3, 0.4) is 0 Å². The van der Waals surface area contributed by atoms with Crippen LogP contribution in [-0.4, -0.2) is 44.7 Å². The van der Waals surface area contributed by atoms with E-state index in [2.05, 4.69) is 15.5 Å². The first-order valence-corrected chi connectivity index (χ1v) is 8.99. The maximum absolute atomic E-state index is 13.6. The van der Waals surface area contributed by atoms with Gasteiger partial charge in [0.2, 0.25) is 0 Å². The lowest BCUT2D eigenvalue weighted by Gasteiger charge is -2.29. The second-order valence-electron chi connectivity index (χ2n) is 6.31. The molecule has 148 valence electrons. The minimum Gasteiger partial charge on any atom is -0.378 e. The van der Waals surface area contributed by atoms with Gasteiger partial charge in [0, 0.05) is 36.6 Å². The van der Waals surface area contributed by atoms with Crippen molar-refractivity contribution in [2.75, 3.05) is 43.1 Å². The van der Waals surface area contributed by atoms with Crippen molar-refractivity contribution in [2.45, 2.75) is 6.42 Å². The predicted octanol–water partition coefficient (Wildman–Crippen LogP) is 2.10. The van der Waals surface area contributed by atoms with Crippen molar-refractivity contribution < 1.29 is 23.1 Å². The Hall–Kier alpha value is -3.00. The van der Waals surface area contributed by atoms with Crippen LogP contribution in [0.5, 0.6) is 0 Å². The van der Waals surface area contributed by atoms with Crippen molar-refractivity contribution in [3.63, 3.8) is 0 Å². The van der Waals surface area contributed by atoms with Crippen molar-refractivity contribution in [3.8, 4) is 0 Å². The molecule has 0 saturated carbocycles. The van der Waals surface area contributed by atoms with Crippen LogP contribution >= 0.6 is 0 Å². The number of rotatable bonds is 5. The maximum Gasteiger partial charge on any atom is 0.313 e. The summed E-state index contributed by atoms with van der Waals surface area (Å²) in [7, 11) is 0. The number of carbonyl (C=O) groups is 2. The summed E-state index contributed by atoms with van der Waals surface area (Å²) in [5.74, 6) is -3.07. The van der Waals surface area contributed by atoms with Crippen molar-refractivity contribution in [1.29, 1.82) is 0 Å². The Morgan fingerprint density at radius 2 is 1.68 bits per heavy atom. The monoisotopic (exact) mass is 389 g/mol. The normalized spacial score (nSPS) is 13.9. The molecule has 2 aromatic carbocycles. The van der Waals surface area contributed by atoms with E-state index < -0.39 is 23.4 Å². The smallest absolute Gasteiger partial charge is 0.313 e. The van der Waals surface area contributed by atoms with Gasteiger partial charge < -0.3 is 20.3 Å². The topological polar surface area (TPSA) is 70.7 Å². The van der Waals surface area contributed by atoms with Crippen molar-refractivity contribution >= 4 is 23.2 Å². The Morgan fingerprint density at radius 1 is 1.00 bits per heavy atom. The van der Waals surface area contributed by atoms with Crippen LogP contribution in [0.25, 0.3) is 0 Å². The Bertz CT molecular complexity index is 834. The molecule has 2 N–H and O–H groups in total. The summed E-state index contributed by atoms with van der Waals surface area (Å²) in [6, 6.07) is 10.7. The number of halogens is 2. The van der Waals surface area contributed by atoms with Crippen LogP contribution in [0, 0.1) is 11.6 Å². The lowest BCUT2D eigenvalue weighted by Crippen LogP contribution is -2.37. The average Bonchev–Trinajstić information content (AvgIpc) is 2.71. The first-order chi connectivity index (χ1) is 13.5. The van der Waals surface area contributed by atoms with E-state index in [4.69, 9.17) is 4.74 Å². The zero-order chi connectivity index (χ0) is 19.9. The van der Waals surface area contributed by atoms with E-state index in [-0.39, 0.29) is 18.5 Å². The molecule has 0 aliphatic carbocycles. The molecule has 0 atom stereocenters. The van der Waals surface area contributed by atoms with Crippen LogP contribution in [0.2, 0.25) is 0 Å². The molecule has 1 fully saturated rings. The number of nitrogens with one attached hydrogen (secondary N) is 2. The minimum atomic E-state index is -0.867. The van der Waals surface area contributed by atoms with Gasteiger partial charge in [-0.05, 0) is 36.8 Å². The highest BCUT2D eigenvalue weighted by Crippen LogP contribution is 2.20. The van der Waals surface area contributed by atoms with E-state index in [1.54, 1.807) is 18.2 Å². The summed E-state index contributed by atoms with van der Waals surface area (Å²) in [5.41, 5.74) is 1.29. The molecule has 8 heteroatoms. The highest BCUT2D eigenvalue weighted by molar-refractivity contribution is 6.39. The van der Waals surface area contributed by atoms with Crippen molar-refractivity contribution in [1.82, 2.24) is 5.32 Å². The molecule has 28 heavy (non-hydrogen) atoms. The quantitative estimate of drug-likeness (QED) is 0.769. The molecular formula is C20H21F2N3O3. The molecule has 0 aromatic heterocycles. The summed E-state index contributed by atoms with van der Waals surface area (Å²) >= 11 is 0. The van der Waals surface area contributed by atoms with Gasteiger partial charge in [-0.15, -0.1) is 0 Å². The molecule has 1 aliphatic rings. The molecule has 3 rings (SSSR count). The fourth-order valence-electron chi connectivity index (χ4n) is 2.94. The Balaban J connectivity index is 1.52. The molecule has 0 spiro atoms. The SMILES string of the molecule is O=C(NCCc1c(F)cccc1F)C(=O)Nc1cccc(N2CCOCC2)c1. The number of ether oxygens (including phenoxy) is 1. The predicted molar refractivity (Wildman–Crippen MR) is 101 cm³/mol. The van der Waals surface area contributed by atoms with Crippen molar-refractivity contribution in [2.24, 2.45) is 0 Å². The molecule has 1 heterocycles. The molecule has 1 saturated heterocycles. The van der Waals surface area contributed by atoms with Crippen LogP contribution < -0.4 is 15.5 Å². The second kappa shape index (κ2) is 9.27. The third-order valence-electron chi connectivity index (χ3n) is 4.41. The molecule has 0 radical (unpaired) electrons. The Labute approximate surface area is 161 Å². The van der Waals surface area contributed by atoms with Gasteiger partial charge in [-0.25, -0.2) is 8.78 Å². The fourth-order valence-corrected chi connectivity index (χ4v) is 2.94. The zero-order valence-electron chi connectivity index (χ0n) is 15.2. The first kappa shape index (κ1) is 19.8. The summed E-state index contributed by atoms with van der Waals surface area (Å²) in [4.78, 5) is 26.2. The van der Waals surface area contributed by atoms with Gasteiger partial charge in [0.15, 0.2) is 0 Å². The van der Waals surface area contributed by atoms with E-state index in [1.165, 1.54) is 6.07 Å². The summed E-state index contributed by atoms with van der Waals surface area (Å²) in [5, 5.41) is 4.91. The Kier molecular flexibility index (Phi) is 6.54. The molecule has 2 aromatic rings. The first-order valence-electron chi connectivity index (χ1n) is 8.99. The van der Waals surface area contributed by atoms with Crippen LogP contribution in [0.1, 0.15) is 5.56 Å². The van der Waals surface area contributed by atoms with Crippen LogP contribution in [0.15, 0.2) is 42.5 Å². The van der Waals surface area contributed by atoms with E-state index in [0.29, 0.717) is 18.9 Å². The van der Waals surface area contributed by atoms with E-state index >= 15 is 0 Å². The second-order valence-corrected chi connectivity index (χ2v) is 6.31. The highest BCUT2D eigenvalue weighted by atomic mass is 19.1. The van der Waals surface area contributed by atoms with E-state index in [1.807, 2.05) is 6.07 Å². The summed E-state index contributed by atoms with van der Waals surface area (Å²) < 4.78 is 32.5. The Morgan fingerprint density at radius 3 is 2.39 bits per heavy atom. The lowest BCUT2D eigenvalue weighted by atomic mass is 10.1. The van der Waals surface area contributed by atoms with Gasteiger partial charge in [0.25, 0.3) is 0 Å². The number of carbonyl (C=O) groups excluding carboxylic acids is 2. The van der Waals surface area contributed by atoms with E-state index in [0.717, 1.165) is 30.9 Å². The third-order valence-corrected chi connectivity index (χ3v) is 4.41. The van der Waals surface area contributed by atoms with Gasteiger partial charge in [-0.3, -0.25) is 9.59 Å². The molecule has 0 unspecified atom stereocenters. The summed E-state index contributed by atoms with van der Waals surface area (Å²) in [6.07, 6.45) is -0.0515. The standard InChI is InChI=1S/C20H21F2N3O3/c21-17-5-2-6-18(22)16(17)7-8-23-19(26)20(27)24-14-3-1-4-15(13-14)25-9-11-28-12-10-25/h1-6,13H,7-12H2,(H,23,26)(H,24,27). The molecule has 1 aliphatic heterocycles.